The minimum absolute atomic E-state index is 0.0597. The zero-order valence-electron chi connectivity index (χ0n) is 14.5. The molecule has 6 nitrogen and oxygen atoms in total. The van der Waals surface area contributed by atoms with Crippen molar-refractivity contribution in [3.05, 3.63) is 58.7 Å². The highest BCUT2D eigenvalue weighted by atomic mass is 127. The molecule has 0 N–H and O–H groups in total. The molecule has 0 aromatic heterocycles. The van der Waals surface area contributed by atoms with Crippen molar-refractivity contribution in [3.8, 4) is 0 Å². The lowest BCUT2D eigenvalue weighted by Gasteiger charge is -2.30. The van der Waals surface area contributed by atoms with Crippen LogP contribution >= 0.6 is 22.6 Å². The molecule has 140 valence electrons. The van der Waals surface area contributed by atoms with Crippen LogP contribution in [0.1, 0.15) is 23.7 Å². The van der Waals surface area contributed by atoms with E-state index >= 15 is 0 Å². The highest BCUT2D eigenvalue weighted by molar-refractivity contribution is 14.1. The SMILES string of the molecule is C=CC(=O)OCC(CC)(COC(=O)/C=C/I)COC(=O)c1ccccc1. The molecule has 0 saturated heterocycles. The summed E-state index contributed by atoms with van der Waals surface area (Å²) in [6, 6.07) is 8.53. The first kappa shape index (κ1) is 21.9. The molecule has 0 aliphatic heterocycles. The van der Waals surface area contributed by atoms with Crippen LogP contribution in [0, 0.1) is 5.41 Å². The molecule has 0 radical (unpaired) electrons. The van der Waals surface area contributed by atoms with Crippen LogP contribution in [0.5, 0.6) is 0 Å². The lowest BCUT2D eigenvalue weighted by molar-refractivity contribution is -0.150. The number of ether oxygens (including phenoxy) is 3. The highest BCUT2D eigenvalue weighted by Crippen LogP contribution is 2.25. The van der Waals surface area contributed by atoms with Gasteiger partial charge in [-0.3, -0.25) is 0 Å². The van der Waals surface area contributed by atoms with E-state index in [1.54, 1.807) is 30.3 Å². The fourth-order valence-electron chi connectivity index (χ4n) is 1.91. The first-order chi connectivity index (χ1) is 12.5. The van der Waals surface area contributed by atoms with Crippen LogP contribution in [0.25, 0.3) is 0 Å². The lowest BCUT2D eigenvalue weighted by Crippen LogP contribution is -2.38. The second-order valence-corrected chi connectivity index (χ2v) is 6.23. The quantitative estimate of drug-likeness (QED) is 0.225. The Morgan fingerprint density at radius 3 is 2.15 bits per heavy atom. The molecule has 26 heavy (non-hydrogen) atoms. The predicted molar refractivity (Wildman–Crippen MR) is 105 cm³/mol. The second kappa shape index (κ2) is 11.5. The molecule has 1 aromatic rings. The summed E-state index contributed by atoms with van der Waals surface area (Å²) in [4.78, 5) is 35.2. The molecule has 0 saturated carbocycles. The Labute approximate surface area is 166 Å². The van der Waals surface area contributed by atoms with Crippen LogP contribution in [-0.2, 0) is 23.8 Å². The summed E-state index contributed by atoms with van der Waals surface area (Å²) in [6.45, 7) is 4.98. The number of carbonyl (C=O) groups is 3. The van der Waals surface area contributed by atoms with Crippen LogP contribution in [0.15, 0.2) is 53.1 Å². The maximum Gasteiger partial charge on any atom is 0.338 e. The minimum Gasteiger partial charge on any atom is -0.462 e. The minimum atomic E-state index is -0.849. The Morgan fingerprint density at radius 1 is 1.04 bits per heavy atom. The van der Waals surface area contributed by atoms with E-state index in [9.17, 15) is 14.4 Å². The van der Waals surface area contributed by atoms with Crippen molar-refractivity contribution in [3.63, 3.8) is 0 Å². The van der Waals surface area contributed by atoms with Gasteiger partial charge in [-0.15, -0.1) is 0 Å². The molecule has 0 fully saturated rings. The number of hydrogen-bond acceptors (Lipinski definition) is 6. The summed E-state index contributed by atoms with van der Waals surface area (Å²) in [5.41, 5.74) is -0.442. The fourth-order valence-corrected chi connectivity index (χ4v) is 2.21. The third-order valence-corrected chi connectivity index (χ3v) is 4.04. The maximum atomic E-state index is 12.2. The van der Waals surface area contributed by atoms with Crippen LogP contribution in [0.2, 0.25) is 0 Å². The molecule has 0 heterocycles. The molecule has 0 aliphatic carbocycles. The highest BCUT2D eigenvalue weighted by Gasteiger charge is 2.34. The van der Waals surface area contributed by atoms with Crippen molar-refractivity contribution in [2.24, 2.45) is 5.41 Å². The number of esters is 3. The Balaban J connectivity index is 2.82. The van der Waals surface area contributed by atoms with E-state index in [0.717, 1.165) is 6.08 Å². The number of hydrogen-bond donors (Lipinski definition) is 0. The summed E-state index contributed by atoms with van der Waals surface area (Å²) in [5.74, 6) is -1.63. The molecule has 0 amide bonds. The van der Waals surface area contributed by atoms with Gasteiger partial charge in [-0.05, 0) is 22.6 Å². The molecule has 0 spiro atoms. The van der Waals surface area contributed by atoms with E-state index in [2.05, 4.69) is 6.58 Å². The van der Waals surface area contributed by atoms with Crippen molar-refractivity contribution in [1.82, 2.24) is 0 Å². The molecule has 0 bridgehead atoms. The van der Waals surface area contributed by atoms with Crippen molar-refractivity contribution < 1.29 is 28.6 Å². The van der Waals surface area contributed by atoms with Crippen molar-refractivity contribution in [1.29, 1.82) is 0 Å². The van der Waals surface area contributed by atoms with E-state index in [1.165, 1.54) is 10.2 Å². The van der Waals surface area contributed by atoms with Gasteiger partial charge in [0.25, 0.3) is 0 Å². The molecule has 7 heteroatoms. The standard InChI is InChI=1S/C19H21IO6/c1-3-16(21)24-12-19(4-2,13-25-17(22)10-11-20)14-26-18(23)15-8-6-5-7-9-15/h3,5-11H,1,4,12-14H2,2H3/b11-10+. The maximum absolute atomic E-state index is 12.2. The van der Waals surface area contributed by atoms with E-state index < -0.39 is 23.3 Å². The Bertz CT molecular complexity index is 655. The zero-order chi connectivity index (χ0) is 19.4. The van der Waals surface area contributed by atoms with Crippen LogP contribution in [-0.4, -0.2) is 37.7 Å². The molecule has 1 rings (SSSR count). The van der Waals surface area contributed by atoms with E-state index in [0.29, 0.717) is 12.0 Å². The molecule has 1 atom stereocenters. The predicted octanol–water partition coefficient (Wildman–Crippen LogP) is 3.46. The van der Waals surface area contributed by atoms with Gasteiger partial charge in [-0.25, -0.2) is 14.4 Å². The molecule has 0 aliphatic rings. The molecular formula is C19H21IO6. The van der Waals surface area contributed by atoms with Crippen molar-refractivity contribution >= 4 is 40.5 Å². The molecule has 1 unspecified atom stereocenters. The van der Waals surface area contributed by atoms with Gasteiger partial charge in [0.1, 0.15) is 19.8 Å². The molecule has 1 aromatic carbocycles. The van der Waals surface area contributed by atoms with Crippen molar-refractivity contribution in [2.75, 3.05) is 19.8 Å². The van der Waals surface area contributed by atoms with E-state index in [1.807, 2.05) is 29.5 Å². The normalized spacial score (nSPS) is 12.8. The van der Waals surface area contributed by atoms with Gasteiger partial charge in [0.2, 0.25) is 0 Å². The lowest BCUT2D eigenvalue weighted by atomic mass is 9.88. The summed E-state index contributed by atoms with van der Waals surface area (Å²) >= 11 is 1.90. The topological polar surface area (TPSA) is 78.9 Å². The van der Waals surface area contributed by atoms with Crippen LogP contribution in [0.4, 0.5) is 0 Å². The molecular weight excluding hydrogens is 451 g/mol. The van der Waals surface area contributed by atoms with Gasteiger partial charge in [0.05, 0.1) is 11.0 Å². The summed E-state index contributed by atoms with van der Waals surface area (Å²) < 4.78 is 17.2. The summed E-state index contributed by atoms with van der Waals surface area (Å²) in [5, 5.41) is 0. The number of benzene rings is 1. The fraction of sp³-hybridized carbons (Fsp3) is 0.316. The van der Waals surface area contributed by atoms with Gasteiger partial charge in [0.15, 0.2) is 0 Å². The van der Waals surface area contributed by atoms with Gasteiger partial charge in [0, 0.05) is 12.2 Å². The third kappa shape index (κ3) is 7.38. The first-order valence-corrected chi connectivity index (χ1v) is 9.16. The zero-order valence-corrected chi connectivity index (χ0v) is 16.6. The average Bonchev–Trinajstić information content (AvgIpc) is 2.68. The number of rotatable bonds is 10. The monoisotopic (exact) mass is 472 g/mol. The Kier molecular flexibility index (Phi) is 9.64. The smallest absolute Gasteiger partial charge is 0.338 e. The van der Waals surface area contributed by atoms with Crippen LogP contribution in [0.3, 0.4) is 0 Å². The van der Waals surface area contributed by atoms with E-state index in [4.69, 9.17) is 14.2 Å². The number of carbonyl (C=O) groups excluding carboxylic acids is 3. The Morgan fingerprint density at radius 2 is 1.62 bits per heavy atom. The van der Waals surface area contributed by atoms with Gasteiger partial charge < -0.3 is 14.2 Å². The first-order valence-electron chi connectivity index (χ1n) is 7.91. The van der Waals surface area contributed by atoms with E-state index in [-0.39, 0.29) is 19.8 Å². The summed E-state index contributed by atoms with van der Waals surface area (Å²) in [7, 11) is 0. The van der Waals surface area contributed by atoms with Gasteiger partial charge in [-0.1, -0.05) is 54.3 Å². The van der Waals surface area contributed by atoms with Gasteiger partial charge in [-0.2, -0.15) is 0 Å². The second-order valence-electron chi connectivity index (χ2n) is 5.51. The summed E-state index contributed by atoms with van der Waals surface area (Å²) in [6.07, 6.45) is 2.77. The third-order valence-electron chi connectivity index (χ3n) is 3.68. The van der Waals surface area contributed by atoms with Crippen molar-refractivity contribution in [2.45, 2.75) is 13.3 Å². The number of halogens is 1. The average molecular weight is 472 g/mol. The largest absolute Gasteiger partial charge is 0.462 e. The van der Waals surface area contributed by atoms with Gasteiger partial charge >= 0.3 is 17.9 Å². The van der Waals surface area contributed by atoms with Crippen LogP contribution < -0.4 is 0 Å². The Hall–Kier alpha value is -2.16.